The Balaban J connectivity index is 1.64. The second-order valence-corrected chi connectivity index (χ2v) is 6.56. The van der Waals surface area contributed by atoms with E-state index in [0.717, 1.165) is 22.9 Å². The normalized spacial score (nSPS) is 10.3. The molecular weight excluding hydrogens is 322 g/mol. The van der Waals surface area contributed by atoms with E-state index in [-0.39, 0.29) is 0 Å². The van der Waals surface area contributed by atoms with Gasteiger partial charge in [0.2, 0.25) is 0 Å². The average molecular weight is 339 g/mol. The number of pyridine rings is 1. The van der Waals surface area contributed by atoms with Crippen molar-refractivity contribution in [2.75, 3.05) is 10.6 Å². The van der Waals surface area contributed by atoms with Crippen LogP contribution in [0.3, 0.4) is 0 Å². The van der Waals surface area contributed by atoms with Gasteiger partial charge in [-0.2, -0.15) is 0 Å². The van der Waals surface area contributed by atoms with Gasteiger partial charge < -0.3 is 10.6 Å². The fourth-order valence-corrected chi connectivity index (χ4v) is 3.28. The van der Waals surface area contributed by atoms with Crippen LogP contribution in [0.2, 0.25) is 0 Å². The minimum absolute atomic E-state index is 0.552. The van der Waals surface area contributed by atoms with Crippen LogP contribution in [0.25, 0.3) is 0 Å². The Labute approximate surface area is 145 Å². The maximum atomic E-state index is 5.34. The van der Waals surface area contributed by atoms with Gasteiger partial charge in [-0.05, 0) is 53.8 Å². The molecule has 0 aliphatic heterocycles. The number of anilines is 2. The Morgan fingerprint density at radius 3 is 2.65 bits per heavy atom. The number of benzene rings is 1. The average Bonchev–Trinajstić information content (AvgIpc) is 2.93. The summed E-state index contributed by atoms with van der Waals surface area (Å²) in [5.41, 5.74) is 3.48. The van der Waals surface area contributed by atoms with Crippen LogP contribution in [-0.4, -0.2) is 10.1 Å². The molecule has 0 saturated carbocycles. The second-order valence-electron chi connectivity index (χ2n) is 5.24. The Morgan fingerprint density at radius 2 is 1.91 bits per heavy atom. The number of rotatable bonds is 4. The molecule has 0 radical (unpaired) electrons. The van der Waals surface area contributed by atoms with Gasteiger partial charge in [0.25, 0.3) is 0 Å². The fraction of sp³-hybridized carbons (Fsp3) is 0.111. The third-order valence-corrected chi connectivity index (χ3v) is 4.41. The van der Waals surface area contributed by atoms with Crippen molar-refractivity contribution in [3.8, 4) is 0 Å². The first-order valence-corrected chi connectivity index (χ1v) is 8.61. The summed E-state index contributed by atoms with van der Waals surface area (Å²) >= 11 is 6.98. The number of aryl methyl sites for hydroxylation is 1. The lowest BCUT2D eigenvalue weighted by molar-refractivity contribution is 1.08. The first kappa shape index (κ1) is 15.6. The van der Waals surface area contributed by atoms with E-state index in [9.17, 15) is 0 Å². The summed E-state index contributed by atoms with van der Waals surface area (Å²) in [5, 5.41) is 9.99. The van der Waals surface area contributed by atoms with Gasteiger partial charge in [-0.1, -0.05) is 36.4 Å². The maximum Gasteiger partial charge on any atom is 0.177 e. The highest BCUT2D eigenvalue weighted by Gasteiger charge is 2.03. The van der Waals surface area contributed by atoms with Crippen molar-refractivity contribution in [1.82, 2.24) is 4.98 Å². The van der Waals surface area contributed by atoms with Crippen LogP contribution in [0, 0.1) is 6.92 Å². The predicted molar refractivity (Wildman–Crippen MR) is 102 cm³/mol. The summed E-state index contributed by atoms with van der Waals surface area (Å²) in [7, 11) is 0. The number of nitrogens with one attached hydrogen (secondary N) is 2. The first-order chi connectivity index (χ1) is 11.2. The quantitative estimate of drug-likeness (QED) is 0.666. The van der Waals surface area contributed by atoms with Gasteiger partial charge in [-0.15, -0.1) is 11.3 Å². The van der Waals surface area contributed by atoms with Gasteiger partial charge in [0.15, 0.2) is 5.11 Å². The van der Waals surface area contributed by atoms with Gasteiger partial charge in [-0.25, -0.2) is 4.98 Å². The number of hydrogen-bond donors (Lipinski definition) is 2. The molecule has 3 aromatic rings. The molecule has 2 heterocycles. The molecule has 2 N–H and O–H groups in total. The van der Waals surface area contributed by atoms with Crippen molar-refractivity contribution in [2.45, 2.75) is 13.3 Å². The van der Waals surface area contributed by atoms with Crippen molar-refractivity contribution in [3.63, 3.8) is 0 Å². The largest absolute Gasteiger partial charge is 0.324 e. The molecule has 116 valence electrons. The lowest BCUT2D eigenvalue weighted by Crippen LogP contribution is -2.19. The van der Waals surface area contributed by atoms with Crippen LogP contribution >= 0.6 is 23.6 Å². The van der Waals surface area contributed by atoms with E-state index >= 15 is 0 Å². The lowest BCUT2D eigenvalue weighted by Gasteiger charge is -2.09. The number of nitrogens with zero attached hydrogens (tertiary/aromatic N) is 1. The Bertz CT molecular complexity index is 797. The molecule has 3 rings (SSSR count). The molecule has 0 aliphatic carbocycles. The highest BCUT2D eigenvalue weighted by molar-refractivity contribution is 7.80. The Morgan fingerprint density at radius 1 is 1.09 bits per heavy atom. The molecule has 0 bridgehead atoms. The molecule has 0 saturated heterocycles. The number of thiophene rings is 1. The van der Waals surface area contributed by atoms with Crippen LogP contribution in [0.5, 0.6) is 0 Å². The molecular formula is C18H17N3S2. The molecule has 0 fully saturated rings. The van der Waals surface area contributed by atoms with Crippen LogP contribution in [-0.2, 0) is 6.42 Å². The first-order valence-electron chi connectivity index (χ1n) is 7.32. The molecule has 0 aliphatic rings. The summed E-state index contributed by atoms with van der Waals surface area (Å²) in [6.07, 6.45) is 0.806. The van der Waals surface area contributed by atoms with Crippen molar-refractivity contribution < 1.29 is 0 Å². The Hall–Kier alpha value is -2.24. The molecule has 23 heavy (non-hydrogen) atoms. The van der Waals surface area contributed by atoms with E-state index < -0.39 is 0 Å². The molecule has 0 atom stereocenters. The molecule has 3 nitrogen and oxygen atoms in total. The standard InChI is InChI=1S/C18H17N3S2/c1-13-10-17(23-12-13)21-18(22)20-16-9-5-8-15(19-16)11-14-6-3-2-4-7-14/h2-10,12H,11H2,1H3,(H2,19,20,21,22). The topological polar surface area (TPSA) is 37.0 Å². The van der Waals surface area contributed by atoms with E-state index in [4.69, 9.17) is 12.2 Å². The van der Waals surface area contributed by atoms with E-state index in [1.165, 1.54) is 11.1 Å². The summed E-state index contributed by atoms with van der Waals surface area (Å²) in [6.45, 7) is 2.06. The van der Waals surface area contributed by atoms with Crippen LogP contribution in [0.15, 0.2) is 60.0 Å². The summed E-state index contributed by atoms with van der Waals surface area (Å²) in [5.74, 6) is 0.754. The predicted octanol–water partition coefficient (Wildman–Crippen LogP) is 4.85. The molecule has 2 aromatic heterocycles. The van der Waals surface area contributed by atoms with Gasteiger partial charge >= 0.3 is 0 Å². The number of thiocarbonyl (C=S) groups is 1. The minimum atomic E-state index is 0.552. The lowest BCUT2D eigenvalue weighted by atomic mass is 10.1. The monoisotopic (exact) mass is 339 g/mol. The van der Waals surface area contributed by atoms with Crippen LogP contribution in [0.1, 0.15) is 16.8 Å². The van der Waals surface area contributed by atoms with E-state index in [1.54, 1.807) is 11.3 Å². The zero-order valence-electron chi connectivity index (χ0n) is 12.7. The summed E-state index contributed by atoms with van der Waals surface area (Å²) in [6, 6.07) is 18.3. The van der Waals surface area contributed by atoms with Crippen molar-refractivity contribution in [3.05, 3.63) is 76.8 Å². The summed E-state index contributed by atoms with van der Waals surface area (Å²) < 4.78 is 0. The third kappa shape index (κ3) is 4.61. The number of aromatic nitrogens is 1. The van der Waals surface area contributed by atoms with Gasteiger partial charge in [0.05, 0.1) is 5.00 Å². The smallest absolute Gasteiger partial charge is 0.177 e. The van der Waals surface area contributed by atoms with E-state index in [1.807, 2.05) is 36.4 Å². The van der Waals surface area contributed by atoms with Gasteiger partial charge in [-0.3, -0.25) is 0 Å². The van der Waals surface area contributed by atoms with Crippen molar-refractivity contribution in [1.29, 1.82) is 0 Å². The molecule has 5 heteroatoms. The van der Waals surface area contributed by atoms with Crippen molar-refractivity contribution >= 4 is 39.5 Å². The fourth-order valence-electron chi connectivity index (χ4n) is 2.21. The SMILES string of the molecule is Cc1csc(NC(=S)Nc2cccc(Cc3ccccc3)n2)c1. The number of hydrogen-bond acceptors (Lipinski definition) is 3. The second kappa shape index (κ2) is 7.35. The maximum absolute atomic E-state index is 5.34. The third-order valence-electron chi connectivity index (χ3n) is 3.24. The van der Waals surface area contributed by atoms with E-state index in [0.29, 0.717) is 5.11 Å². The summed E-state index contributed by atoms with van der Waals surface area (Å²) in [4.78, 5) is 4.62. The van der Waals surface area contributed by atoms with Crippen LogP contribution < -0.4 is 10.6 Å². The van der Waals surface area contributed by atoms with Gasteiger partial charge in [0.1, 0.15) is 5.82 Å². The van der Waals surface area contributed by atoms with E-state index in [2.05, 4.69) is 46.1 Å². The highest BCUT2D eigenvalue weighted by Crippen LogP contribution is 2.19. The molecule has 0 unspecified atom stereocenters. The Kier molecular flexibility index (Phi) is 5.00. The minimum Gasteiger partial charge on any atom is -0.324 e. The molecule has 0 amide bonds. The van der Waals surface area contributed by atoms with Gasteiger partial charge in [0, 0.05) is 12.1 Å². The zero-order valence-corrected chi connectivity index (χ0v) is 14.4. The molecule has 1 aromatic carbocycles. The highest BCUT2D eigenvalue weighted by atomic mass is 32.1. The van der Waals surface area contributed by atoms with Crippen LogP contribution in [0.4, 0.5) is 10.8 Å². The zero-order chi connectivity index (χ0) is 16.1. The van der Waals surface area contributed by atoms with Crippen molar-refractivity contribution in [2.24, 2.45) is 0 Å². The molecule has 0 spiro atoms.